The molecule has 1 aromatic rings. The molecule has 5 nitrogen and oxygen atoms in total. The second kappa shape index (κ2) is 4.57. The minimum absolute atomic E-state index is 0.387. The first-order valence-electron chi connectivity index (χ1n) is 8.05. The molecule has 5 rings (SSSR count). The Labute approximate surface area is 125 Å². The van der Waals surface area contributed by atoms with Crippen LogP contribution in [-0.2, 0) is 6.54 Å². The summed E-state index contributed by atoms with van der Waals surface area (Å²) in [6.45, 7) is 6.25. The number of nitrogens with zero attached hydrogens (tertiary/aromatic N) is 3. The van der Waals surface area contributed by atoms with Crippen molar-refractivity contribution in [3.8, 4) is 0 Å². The highest BCUT2D eigenvalue weighted by atomic mass is 16.3. The number of aliphatic imine (C=N–C) groups is 1. The minimum atomic E-state index is -0.594. The number of hydrogen-bond donors (Lipinski definition) is 2. The average Bonchev–Trinajstić information content (AvgIpc) is 2.76. The summed E-state index contributed by atoms with van der Waals surface area (Å²) >= 11 is 0. The Balaban J connectivity index is 1.57. The van der Waals surface area contributed by atoms with E-state index in [9.17, 15) is 5.11 Å². The van der Waals surface area contributed by atoms with Crippen LogP contribution in [0.5, 0.6) is 0 Å². The summed E-state index contributed by atoms with van der Waals surface area (Å²) in [6, 6.07) is 0. The van der Waals surface area contributed by atoms with Crippen molar-refractivity contribution in [1.82, 2.24) is 9.55 Å². The van der Waals surface area contributed by atoms with Crippen LogP contribution >= 0.6 is 0 Å². The van der Waals surface area contributed by atoms with Crippen molar-refractivity contribution in [2.24, 2.45) is 28.2 Å². The van der Waals surface area contributed by atoms with Gasteiger partial charge in [0.05, 0.1) is 19.2 Å². The number of rotatable bonds is 2. The van der Waals surface area contributed by atoms with E-state index in [4.69, 9.17) is 0 Å². The zero-order valence-corrected chi connectivity index (χ0v) is 12.8. The van der Waals surface area contributed by atoms with Gasteiger partial charge in [0.15, 0.2) is 0 Å². The molecule has 0 saturated heterocycles. The number of imidazole rings is 1. The molecule has 2 heterocycles. The summed E-state index contributed by atoms with van der Waals surface area (Å²) in [5.41, 5.74) is 1.24. The minimum Gasteiger partial charge on any atom is -0.385 e. The molecule has 4 aliphatic rings. The van der Waals surface area contributed by atoms with Gasteiger partial charge in [0.25, 0.3) is 0 Å². The van der Waals surface area contributed by atoms with Gasteiger partial charge in [-0.3, -0.25) is 4.99 Å². The van der Waals surface area contributed by atoms with Crippen molar-refractivity contribution in [3.05, 3.63) is 12.0 Å². The van der Waals surface area contributed by atoms with E-state index in [1.165, 1.54) is 19.3 Å². The van der Waals surface area contributed by atoms with E-state index in [0.717, 1.165) is 35.8 Å². The van der Waals surface area contributed by atoms with Gasteiger partial charge in [-0.15, -0.1) is 0 Å². The largest absolute Gasteiger partial charge is 0.385 e. The molecule has 114 valence electrons. The molecule has 4 unspecified atom stereocenters. The van der Waals surface area contributed by atoms with E-state index in [0.29, 0.717) is 12.0 Å². The van der Waals surface area contributed by atoms with Crippen LogP contribution in [0.3, 0.4) is 0 Å². The van der Waals surface area contributed by atoms with Crippen LogP contribution < -0.4 is 5.32 Å². The van der Waals surface area contributed by atoms with E-state index in [2.05, 4.69) is 33.7 Å². The van der Waals surface area contributed by atoms with Gasteiger partial charge in [0.2, 0.25) is 0 Å². The molecule has 1 aliphatic heterocycles. The molecule has 21 heavy (non-hydrogen) atoms. The van der Waals surface area contributed by atoms with Gasteiger partial charge in [-0.2, -0.15) is 0 Å². The highest BCUT2D eigenvalue weighted by Gasteiger charge is 2.54. The highest BCUT2D eigenvalue weighted by molar-refractivity contribution is 5.76. The lowest BCUT2D eigenvalue weighted by atomic mass is 9.45. The van der Waals surface area contributed by atoms with Crippen LogP contribution in [0.2, 0.25) is 0 Å². The van der Waals surface area contributed by atoms with Crippen molar-refractivity contribution in [1.29, 1.82) is 0 Å². The van der Waals surface area contributed by atoms with Gasteiger partial charge < -0.3 is 15.0 Å². The molecular weight excluding hydrogens is 264 g/mol. The maximum atomic E-state index is 10.1. The highest BCUT2D eigenvalue weighted by Crippen LogP contribution is 2.61. The second-order valence-corrected chi connectivity index (χ2v) is 7.48. The number of aliphatic hydroxyl groups excluding tert-OH is 1. The molecule has 3 aliphatic carbocycles. The normalized spacial score (nSPS) is 36.3. The Morgan fingerprint density at radius 3 is 3.05 bits per heavy atom. The number of fused-ring (bicyclic) bond motifs is 3. The van der Waals surface area contributed by atoms with E-state index >= 15 is 0 Å². The first kappa shape index (κ1) is 13.3. The molecular formula is C16H24N4O. The van der Waals surface area contributed by atoms with E-state index in [1.54, 1.807) is 6.34 Å². The van der Waals surface area contributed by atoms with Gasteiger partial charge in [-0.1, -0.05) is 13.8 Å². The Morgan fingerprint density at radius 1 is 1.43 bits per heavy atom. The van der Waals surface area contributed by atoms with Crippen molar-refractivity contribution >= 4 is 12.2 Å². The van der Waals surface area contributed by atoms with Gasteiger partial charge in [-0.25, -0.2) is 4.98 Å². The fraction of sp³-hybridized carbons (Fsp3) is 0.750. The lowest BCUT2D eigenvalue weighted by Gasteiger charge is -2.60. The summed E-state index contributed by atoms with van der Waals surface area (Å²) in [6.07, 6.45) is 7.04. The van der Waals surface area contributed by atoms with Crippen LogP contribution in [0, 0.1) is 23.2 Å². The number of hydrogen-bond acceptors (Lipinski definition) is 4. The molecule has 4 atom stereocenters. The van der Waals surface area contributed by atoms with Gasteiger partial charge in [0.1, 0.15) is 17.6 Å². The van der Waals surface area contributed by atoms with Gasteiger partial charge in [-0.05, 0) is 42.4 Å². The summed E-state index contributed by atoms with van der Waals surface area (Å²) < 4.78 is 2.18. The molecule has 5 heteroatoms. The number of nitrogens with one attached hydrogen (secondary N) is 1. The maximum absolute atomic E-state index is 10.1. The molecule has 0 spiro atoms. The lowest BCUT2D eigenvalue weighted by molar-refractivity contribution is -0.108. The van der Waals surface area contributed by atoms with Crippen LogP contribution in [0.1, 0.15) is 44.9 Å². The number of aromatic nitrogens is 2. The van der Waals surface area contributed by atoms with Gasteiger partial charge >= 0.3 is 0 Å². The van der Waals surface area contributed by atoms with E-state index in [1.807, 2.05) is 6.33 Å². The summed E-state index contributed by atoms with van der Waals surface area (Å²) in [5, 5.41) is 13.3. The fourth-order valence-electron chi connectivity index (χ4n) is 4.72. The average molecular weight is 288 g/mol. The van der Waals surface area contributed by atoms with Crippen molar-refractivity contribution < 1.29 is 5.11 Å². The van der Waals surface area contributed by atoms with Crippen LogP contribution in [0.15, 0.2) is 11.3 Å². The fourth-order valence-corrected chi connectivity index (χ4v) is 4.72. The van der Waals surface area contributed by atoms with Crippen LogP contribution in [0.4, 0.5) is 5.82 Å². The molecule has 2 N–H and O–H groups in total. The maximum Gasteiger partial charge on any atom is 0.137 e. The topological polar surface area (TPSA) is 62.4 Å². The lowest BCUT2D eigenvalue weighted by Crippen LogP contribution is -2.53. The molecule has 0 amide bonds. The van der Waals surface area contributed by atoms with Crippen molar-refractivity contribution in [2.45, 2.75) is 45.8 Å². The summed E-state index contributed by atoms with van der Waals surface area (Å²) in [5.74, 6) is 3.41. The third-order valence-electron chi connectivity index (χ3n) is 6.19. The number of aliphatic hydroxyl groups is 1. The Bertz CT molecular complexity index is 575. The third kappa shape index (κ3) is 1.94. The molecule has 2 bridgehead atoms. The Morgan fingerprint density at radius 2 is 2.29 bits per heavy atom. The SMILES string of the molecule is CC1(C)C2CCC(Cn3cnc4c3NC=NCC4O)C1C2. The molecule has 3 saturated carbocycles. The molecule has 0 aromatic carbocycles. The van der Waals surface area contributed by atoms with E-state index < -0.39 is 6.10 Å². The predicted molar refractivity (Wildman–Crippen MR) is 82.3 cm³/mol. The standard InChI is InChI=1S/C16H24N4O/c1-16(2)11-4-3-10(12(16)5-11)7-20-9-19-14-13(21)6-17-8-18-15(14)20/h8-13,21H,3-7H2,1-2H3,(H,17,18). The van der Waals surface area contributed by atoms with Crippen LogP contribution in [0.25, 0.3) is 0 Å². The third-order valence-corrected chi connectivity index (χ3v) is 6.19. The number of anilines is 1. The molecule has 0 radical (unpaired) electrons. The van der Waals surface area contributed by atoms with Crippen molar-refractivity contribution in [3.63, 3.8) is 0 Å². The summed E-state index contributed by atoms with van der Waals surface area (Å²) in [4.78, 5) is 8.54. The zero-order valence-electron chi connectivity index (χ0n) is 12.8. The monoisotopic (exact) mass is 288 g/mol. The predicted octanol–water partition coefficient (Wildman–Crippen LogP) is 2.44. The second-order valence-electron chi connectivity index (χ2n) is 7.48. The smallest absolute Gasteiger partial charge is 0.137 e. The summed E-state index contributed by atoms with van der Waals surface area (Å²) in [7, 11) is 0. The molecule has 3 fully saturated rings. The first-order valence-corrected chi connectivity index (χ1v) is 8.05. The van der Waals surface area contributed by atoms with Crippen molar-refractivity contribution in [2.75, 3.05) is 11.9 Å². The Hall–Kier alpha value is -1.36. The molecule has 1 aromatic heterocycles. The zero-order chi connectivity index (χ0) is 14.6. The van der Waals surface area contributed by atoms with Crippen LogP contribution in [-0.4, -0.2) is 27.5 Å². The quantitative estimate of drug-likeness (QED) is 0.878. The first-order chi connectivity index (χ1) is 10.1. The Kier molecular flexibility index (Phi) is 2.89. The van der Waals surface area contributed by atoms with Gasteiger partial charge in [0, 0.05) is 6.54 Å². The van der Waals surface area contributed by atoms with E-state index in [-0.39, 0.29) is 0 Å².